The van der Waals surface area contributed by atoms with Crippen molar-refractivity contribution in [2.75, 3.05) is 0 Å². The van der Waals surface area contributed by atoms with E-state index < -0.39 is 66.3 Å². The van der Waals surface area contributed by atoms with Gasteiger partial charge < -0.3 is 13.9 Å². The van der Waals surface area contributed by atoms with E-state index in [2.05, 4.69) is 143 Å². The van der Waals surface area contributed by atoms with E-state index in [9.17, 15) is 6.85 Å². The van der Waals surface area contributed by atoms with Gasteiger partial charge in [0.05, 0.1) is 30.4 Å². The molecule has 0 saturated heterocycles. The van der Waals surface area contributed by atoms with Gasteiger partial charge in [-0.15, -0.1) is 29.7 Å². The maximum absolute atomic E-state index is 9.98. The van der Waals surface area contributed by atoms with Gasteiger partial charge >= 0.3 is 0 Å². The van der Waals surface area contributed by atoms with Crippen LogP contribution in [0.5, 0.6) is 11.5 Å². The third-order valence-corrected chi connectivity index (χ3v) is 16.0. The van der Waals surface area contributed by atoms with E-state index >= 15 is 0 Å². The van der Waals surface area contributed by atoms with Crippen LogP contribution in [-0.2, 0) is 26.5 Å². The number of benzene rings is 9. The summed E-state index contributed by atoms with van der Waals surface area (Å²) in [6, 6.07) is 49.9. The van der Waals surface area contributed by atoms with Crippen molar-refractivity contribution in [2.24, 2.45) is 5.41 Å². The summed E-state index contributed by atoms with van der Waals surface area (Å²) in [6.07, 6.45) is 8.30. The second-order valence-electron chi connectivity index (χ2n) is 22.4. The Bertz CT molecular complexity index is 4770. The Kier molecular flexibility index (Phi) is 9.93. The number of para-hydroxylation sites is 1. The van der Waals surface area contributed by atoms with Crippen LogP contribution in [0.4, 0.5) is 0 Å². The van der Waals surface area contributed by atoms with Crippen molar-refractivity contribution in [3.63, 3.8) is 0 Å². The summed E-state index contributed by atoms with van der Waals surface area (Å²) in [6.45, 7) is 11.0. The summed E-state index contributed by atoms with van der Waals surface area (Å²) in [7, 11) is 0. The Hall–Kier alpha value is -8.11. The molecule has 3 heterocycles. The summed E-state index contributed by atoms with van der Waals surface area (Å²) in [5.74, 6) is 0.565. The topological polar surface area (TPSA) is 35.9 Å². The zero-order chi connectivity index (χ0) is 62.3. The smallest absolute Gasteiger partial charge is 0.268 e. The van der Waals surface area contributed by atoms with E-state index in [1.54, 1.807) is 33.4 Å². The van der Waals surface area contributed by atoms with E-state index in [0.717, 1.165) is 51.6 Å². The molecule has 0 N–H and O–H groups in total. The first kappa shape index (κ1) is 39.3. The number of fused-ring (bicyclic) bond motifs is 7. The average molecular weight is 1220 g/mol. The minimum atomic E-state index is -0.947. The minimum Gasteiger partial charge on any atom is -0.510 e. The Morgan fingerprint density at radius 1 is 0.633 bits per heavy atom. The molecule has 3 aromatic heterocycles. The predicted octanol–water partition coefficient (Wildman–Crippen LogP) is 18.1. The first-order chi connectivity index (χ1) is 42.5. The minimum absolute atomic E-state index is 0. The summed E-state index contributed by atoms with van der Waals surface area (Å²) in [4.78, 5) is 4.98. The molecule has 2 aliphatic carbocycles. The zero-order valence-corrected chi connectivity index (χ0v) is 46.6. The molecule has 1 saturated carbocycles. The quantitative estimate of drug-likeness (QED) is 0.107. The van der Waals surface area contributed by atoms with Gasteiger partial charge in [0.2, 0.25) is 0 Å². The average Bonchev–Trinajstić information content (AvgIpc) is 1.50. The van der Waals surface area contributed by atoms with Crippen LogP contribution in [0.1, 0.15) is 115 Å². The Morgan fingerprint density at radius 3 is 1.95 bits per heavy atom. The number of imidazole rings is 1. The number of nitrogens with zero attached hydrogens (tertiary/aromatic N) is 4. The van der Waals surface area contributed by atoms with Crippen LogP contribution in [0.2, 0.25) is 0 Å². The molecule has 0 unspecified atom stereocenters. The van der Waals surface area contributed by atoms with Crippen LogP contribution in [0.3, 0.4) is 0 Å². The first-order valence-corrected chi connectivity index (χ1v) is 26.7. The Morgan fingerprint density at radius 2 is 1.27 bits per heavy atom. The van der Waals surface area contributed by atoms with E-state index in [0.29, 0.717) is 41.1 Å². The molecule has 6 heteroatoms. The van der Waals surface area contributed by atoms with Gasteiger partial charge in [0.1, 0.15) is 5.82 Å². The molecule has 0 aliphatic heterocycles. The summed E-state index contributed by atoms with van der Waals surface area (Å²) >= 11 is 0. The normalized spacial score (nSPS) is 16.7. The fourth-order valence-electron chi connectivity index (χ4n) is 11.8. The maximum Gasteiger partial charge on any atom is 0.268 e. The molecule has 1 fully saturated rings. The van der Waals surface area contributed by atoms with Gasteiger partial charge in [-0.2, -0.15) is 18.2 Å². The summed E-state index contributed by atoms with van der Waals surface area (Å²) in [5, 5.41) is 2.00. The van der Waals surface area contributed by atoms with Crippen molar-refractivity contribution < 1.29 is 45.4 Å². The van der Waals surface area contributed by atoms with Gasteiger partial charge in [-0.3, -0.25) is 4.57 Å². The summed E-state index contributed by atoms with van der Waals surface area (Å²) in [5.41, 5.74) is 11.3. The number of hydrogen-bond donors (Lipinski definition) is 0. The van der Waals surface area contributed by atoms with Gasteiger partial charge in [0, 0.05) is 51.6 Å². The molecule has 9 aromatic carbocycles. The van der Waals surface area contributed by atoms with Crippen molar-refractivity contribution in [2.45, 2.75) is 77.5 Å². The SMILES string of the molecule is [2H]c1c([2H])c([2H])c(-c2cccc(-c3c([2H])c([2H])c([2H])c([2H])c3[2H])c2-[n+]2[c-]n(-c3[c-]c(Oc4[c-]c5c(cc4)c4cc(C6c7ccccc7-c7ccccc76)ccc4n5-c4cc(C(C)(C)C)ccn4)ccc3)c3cc(C4([2H])CCC(C)(C)CC4)ccc32)c([2H])c1[2H].[Pt]. The summed E-state index contributed by atoms with van der Waals surface area (Å²) < 4.78 is 111. The van der Waals surface area contributed by atoms with Gasteiger partial charge in [-0.1, -0.05) is 192 Å². The molecular weight excluding hydrogens is 1140 g/mol. The van der Waals surface area contributed by atoms with E-state index in [-0.39, 0.29) is 65.8 Å². The van der Waals surface area contributed by atoms with Crippen LogP contribution >= 0.6 is 0 Å². The molecule has 0 bridgehead atoms. The zero-order valence-electron chi connectivity index (χ0n) is 55.4. The van der Waals surface area contributed by atoms with Crippen molar-refractivity contribution in [3.8, 4) is 62.1 Å². The van der Waals surface area contributed by atoms with Crippen molar-refractivity contribution >= 4 is 32.8 Å². The van der Waals surface area contributed by atoms with Crippen LogP contribution in [0, 0.1) is 23.9 Å². The van der Waals surface area contributed by atoms with Gasteiger partial charge in [-0.05, 0) is 139 Å². The Balaban J connectivity index is 0.00000743. The van der Waals surface area contributed by atoms with E-state index in [1.807, 2.05) is 42.6 Å². The molecular formula is C73H60N4OPt-2. The molecule has 12 aromatic rings. The molecule has 0 atom stereocenters. The molecule has 5 nitrogen and oxygen atoms in total. The Labute approximate surface area is 493 Å². The molecule has 2 aliphatic rings. The standard InChI is InChI=1S/C73H60N4O.Pt/c1-72(2,3)53-38-41-74-69(44-53)77-65-34-31-52(70-62-26-14-12-24-59(62)60-25-13-15-27-63(60)70)42-64(65)61-33-32-56(46-67(61)77)78-55-23-16-22-54(45-55)75-47-76(66-35-30-51(43-68(66)75)48-36-39-73(4,5)40-37-48)71-57(49-18-8-6-9-19-49)28-17-29-58(71)50-20-10-7-11-21-50;/h6-35,38,41-44,48,70H,36-37,39-40H2,1-5H3;/q-2;/i6D,7D,8D,9D,10D,11D,18D,19D,20D,21D,48D;. The van der Waals surface area contributed by atoms with E-state index in [4.69, 9.17) is 17.9 Å². The molecule has 390 valence electrons. The number of rotatable bonds is 9. The molecule has 0 radical (unpaired) electrons. The second kappa shape index (κ2) is 20.0. The first-order valence-electron chi connectivity index (χ1n) is 32.2. The van der Waals surface area contributed by atoms with Gasteiger partial charge in [-0.25, -0.2) is 4.98 Å². The molecule has 79 heavy (non-hydrogen) atoms. The van der Waals surface area contributed by atoms with Crippen molar-refractivity contribution in [3.05, 3.63) is 258 Å². The monoisotopic (exact) mass is 1210 g/mol. The number of pyridine rings is 1. The van der Waals surface area contributed by atoms with Gasteiger partial charge in [0.25, 0.3) is 6.33 Å². The largest absolute Gasteiger partial charge is 0.510 e. The van der Waals surface area contributed by atoms with Crippen LogP contribution in [-0.4, -0.2) is 14.1 Å². The second-order valence-corrected chi connectivity index (χ2v) is 22.4. The van der Waals surface area contributed by atoms with Crippen LogP contribution in [0.15, 0.2) is 212 Å². The number of ether oxygens (including phenoxy) is 1. The number of hydrogen-bond acceptors (Lipinski definition) is 2. The van der Waals surface area contributed by atoms with Crippen LogP contribution in [0.25, 0.3) is 83.4 Å². The van der Waals surface area contributed by atoms with Crippen LogP contribution < -0.4 is 9.30 Å². The predicted molar refractivity (Wildman–Crippen MR) is 317 cm³/mol. The van der Waals surface area contributed by atoms with Crippen molar-refractivity contribution in [1.82, 2.24) is 14.1 Å². The fraction of sp³-hybridized carbons (Fsp3) is 0.178. The molecule has 0 spiro atoms. The third kappa shape index (κ3) is 9.03. The van der Waals surface area contributed by atoms with Crippen molar-refractivity contribution in [1.29, 1.82) is 0 Å². The molecule has 14 rings (SSSR count). The maximum atomic E-state index is 9.98. The number of aromatic nitrogens is 4. The third-order valence-electron chi connectivity index (χ3n) is 16.0. The van der Waals surface area contributed by atoms with Gasteiger partial charge in [0.15, 0.2) is 0 Å². The molecule has 0 amide bonds. The fourth-order valence-corrected chi connectivity index (χ4v) is 11.8. The van der Waals surface area contributed by atoms with E-state index in [1.165, 1.54) is 27.8 Å².